The molecule has 0 radical (unpaired) electrons. The maximum Gasteiger partial charge on any atom is 0.225 e. The first kappa shape index (κ1) is 20.4. The number of hydrogen-bond donors (Lipinski definition) is 0. The van der Waals surface area contributed by atoms with Gasteiger partial charge in [0.2, 0.25) is 5.91 Å². The number of nitrogens with zero attached hydrogens (tertiary/aromatic N) is 5. The lowest BCUT2D eigenvalue weighted by atomic mass is 10.1. The number of rotatable bonds is 5. The summed E-state index contributed by atoms with van der Waals surface area (Å²) in [6.45, 7) is 4.05. The van der Waals surface area contributed by atoms with Crippen molar-refractivity contribution >= 4 is 33.3 Å². The number of hydrogen-bond acceptors (Lipinski definition) is 6. The second-order valence-corrected chi connectivity index (χ2v) is 9.70. The van der Waals surface area contributed by atoms with Crippen LogP contribution in [0.25, 0.3) is 21.3 Å². The summed E-state index contributed by atoms with van der Waals surface area (Å²) in [5.41, 5.74) is 2.39. The Morgan fingerprint density at radius 3 is 2.65 bits per heavy atom. The lowest BCUT2D eigenvalue weighted by molar-refractivity contribution is -0.132. The van der Waals surface area contributed by atoms with E-state index in [9.17, 15) is 4.79 Å². The van der Waals surface area contributed by atoms with Crippen molar-refractivity contribution < 1.29 is 4.79 Å². The van der Waals surface area contributed by atoms with E-state index in [0.29, 0.717) is 12.5 Å². The molecule has 1 saturated heterocycles. The van der Waals surface area contributed by atoms with Gasteiger partial charge in [-0.25, -0.2) is 9.97 Å². The number of benzene rings is 1. The number of carbonyl (C=O) groups is 1. The van der Waals surface area contributed by atoms with E-state index in [2.05, 4.69) is 44.3 Å². The van der Waals surface area contributed by atoms with Gasteiger partial charge in [0, 0.05) is 43.0 Å². The van der Waals surface area contributed by atoms with Crippen LogP contribution < -0.4 is 4.90 Å². The Hall–Kier alpha value is -2.51. The van der Waals surface area contributed by atoms with Crippen molar-refractivity contribution in [3.05, 3.63) is 41.5 Å². The molecule has 3 heterocycles. The molecular formula is C24H29N5OS. The molecule has 0 spiro atoms. The second-order valence-electron chi connectivity index (χ2n) is 8.84. The average Bonchev–Trinajstić information content (AvgIpc) is 3.56. The van der Waals surface area contributed by atoms with Gasteiger partial charge in [0.05, 0.1) is 11.9 Å². The third-order valence-electron chi connectivity index (χ3n) is 6.04. The van der Waals surface area contributed by atoms with Crippen molar-refractivity contribution in [2.45, 2.75) is 25.8 Å². The van der Waals surface area contributed by atoms with Gasteiger partial charge < -0.3 is 14.7 Å². The standard InChI is InChI=1S/C24H29N5OS/c1-27(2)15-20-25-22(28-11-6-12-29(14-13-28)24(30)18-9-10-18)21-19(16-31-23(21)26-20)17-7-4-3-5-8-17/h3-5,7-8,16,18H,6,9-15H2,1-2H3. The van der Waals surface area contributed by atoms with E-state index in [4.69, 9.17) is 9.97 Å². The normalized spacial score (nSPS) is 17.4. The molecule has 1 aliphatic carbocycles. The lowest BCUT2D eigenvalue weighted by Gasteiger charge is -2.24. The third kappa shape index (κ3) is 4.29. The van der Waals surface area contributed by atoms with E-state index < -0.39 is 0 Å². The molecule has 3 aromatic rings. The highest BCUT2D eigenvalue weighted by Crippen LogP contribution is 2.39. The maximum absolute atomic E-state index is 12.6. The van der Waals surface area contributed by atoms with E-state index in [1.807, 2.05) is 20.2 Å². The van der Waals surface area contributed by atoms with Gasteiger partial charge in [-0.1, -0.05) is 30.3 Å². The van der Waals surface area contributed by atoms with Crippen LogP contribution >= 0.6 is 11.3 Å². The first-order valence-electron chi connectivity index (χ1n) is 11.1. The molecule has 0 atom stereocenters. The van der Waals surface area contributed by atoms with Gasteiger partial charge in [0.25, 0.3) is 0 Å². The quantitative estimate of drug-likeness (QED) is 0.609. The zero-order chi connectivity index (χ0) is 21.4. The fourth-order valence-corrected chi connectivity index (χ4v) is 5.28. The van der Waals surface area contributed by atoms with E-state index in [0.717, 1.165) is 67.3 Å². The summed E-state index contributed by atoms with van der Waals surface area (Å²) >= 11 is 1.69. The molecule has 31 heavy (non-hydrogen) atoms. The molecule has 0 bridgehead atoms. The van der Waals surface area contributed by atoms with Gasteiger partial charge in [-0.2, -0.15) is 0 Å². The predicted octanol–water partition coefficient (Wildman–Crippen LogP) is 3.87. The fourth-order valence-electron chi connectivity index (χ4n) is 4.32. The molecular weight excluding hydrogens is 406 g/mol. The van der Waals surface area contributed by atoms with Crippen LogP contribution in [0.1, 0.15) is 25.1 Å². The molecule has 1 amide bonds. The van der Waals surface area contributed by atoms with E-state index in [1.54, 1.807) is 11.3 Å². The van der Waals surface area contributed by atoms with Gasteiger partial charge >= 0.3 is 0 Å². The fraction of sp³-hybridized carbons (Fsp3) is 0.458. The number of anilines is 1. The predicted molar refractivity (Wildman–Crippen MR) is 126 cm³/mol. The molecule has 1 aliphatic heterocycles. The van der Waals surface area contributed by atoms with Crippen molar-refractivity contribution in [3.63, 3.8) is 0 Å². The van der Waals surface area contributed by atoms with Crippen molar-refractivity contribution in [3.8, 4) is 11.1 Å². The monoisotopic (exact) mass is 435 g/mol. The molecule has 7 heteroatoms. The van der Waals surface area contributed by atoms with Gasteiger partial charge in [0.1, 0.15) is 16.5 Å². The smallest absolute Gasteiger partial charge is 0.225 e. The first-order chi connectivity index (χ1) is 15.1. The molecule has 162 valence electrons. The molecule has 0 unspecified atom stereocenters. The highest BCUT2D eigenvalue weighted by Gasteiger charge is 2.34. The number of fused-ring (bicyclic) bond motifs is 1. The molecule has 1 aromatic carbocycles. The third-order valence-corrected chi connectivity index (χ3v) is 6.91. The zero-order valence-corrected chi connectivity index (χ0v) is 19.1. The largest absolute Gasteiger partial charge is 0.354 e. The molecule has 2 aliphatic rings. The summed E-state index contributed by atoms with van der Waals surface area (Å²) in [6, 6.07) is 10.5. The maximum atomic E-state index is 12.6. The number of carbonyl (C=O) groups excluding carboxylic acids is 1. The highest BCUT2D eigenvalue weighted by molar-refractivity contribution is 7.17. The van der Waals surface area contributed by atoms with Crippen LogP contribution in [0.15, 0.2) is 35.7 Å². The lowest BCUT2D eigenvalue weighted by Crippen LogP contribution is -2.36. The van der Waals surface area contributed by atoms with E-state index >= 15 is 0 Å². The van der Waals surface area contributed by atoms with Crippen molar-refractivity contribution in [2.75, 3.05) is 45.2 Å². The molecule has 0 N–H and O–H groups in total. The summed E-state index contributed by atoms with van der Waals surface area (Å²) in [7, 11) is 4.09. The van der Waals surface area contributed by atoms with Crippen LogP contribution in [-0.4, -0.2) is 65.9 Å². The zero-order valence-electron chi connectivity index (χ0n) is 18.3. The molecule has 2 aromatic heterocycles. The minimum atomic E-state index is 0.283. The van der Waals surface area contributed by atoms with Crippen molar-refractivity contribution in [1.82, 2.24) is 19.8 Å². The Bertz CT molecular complexity index is 1080. The highest BCUT2D eigenvalue weighted by atomic mass is 32.1. The van der Waals surface area contributed by atoms with Crippen LogP contribution in [-0.2, 0) is 11.3 Å². The SMILES string of the molecule is CN(C)Cc1nc(N2CCCN(C(=O)C3CC3)CC2)c2c(-c3ccccc3)csc2n1. The van der Waals surface area contributed by atoms with Gasteiger partial charge in [-0.05, 0) is 38.9 Å². The van der Waals surface area contributed by atoms with Crippen molar-refractivity contribution in [2.24, 2.45) is 5.92 Å². The Balaban J connectivity index is 1.53. The Morgan fingerprint density at radius 1 is 1.10 bits per heavy atom. The first-order valence-corrected chi connectivity index (χ1v) is 12.0. The van der Waals surface area contributed by atoms with Crippen LogP contribution in [0.5, 0.6) is 0 Å². The molecule has 5 rings (SSSR count). The van der Waals surface area contributed by atoms with Gasteiger partial charge in [-0.3, -0.25) is 4.79 Å². The number of aromatic nitrogens is 2. The summed E-state index contributed by atoms with van der Waals surface area (Å²) in [4.78, 5) is 30.2. The summed E-state index contributed by atoms with van der Waals surface area (Å²) in [5, 5.41) is 3.35. The topological polar surface area (TPSA) is 52.6 Å². The van der Waals surface area contributed by atoms with Gasteiger partial charge in [-0.15, -0.1) is 11.3 Å². The van der Waals surface area contributed by atoms with Gasteiger partial charge in [0.15, 0.2) is 0 Å². The molecule has 6 nitrogen and oxygen atoms in total. The Labute approximate surface area is 187 Å². The van der Waals surface area contributed by atoms with Crippen LogP contribution in [0.3, 0.4) is 0 Å². The Kier molecular flexibility index (Phi) is 5.63. The minimum absolute atomic E-state index is 0.283. The summed E-state index contributed by atoms with van der Waals surface area (Å²) in [5.74, 6) is 2.50. The number of thiophene rings is 1. The van der Waals surface area contributed by atoms with Crippen molar-refractivity contribution in [1.29, 1.82) is 0 Å². The number of amides is 1. The molecule has 1 saturated carbocycles. The minimum Gasteiger partial charge on any atom is -0.354 e. The van der Waals surface area contributed by atoms with Crippen LogP contribution in [0.4, 0.5) is 5.82 Å². The van der Waals surface area contributed by atoms with Crippen LogP contribution in [0.2, 0.25) is 0 Å². The second kappa shape index (κ2) is 8.55. The summed E-state index contributed by atoms with van der Waals surface area (Å²) in [6.07, 6.45) is 3.10. The average molecular weight is 436 g/mol. The summed E-state index contributed by atoms with van der Waals surface area (Å²) < 4.78 is 0. The van der Waals surface area contributed by atoms with Crippen LogP contribution in [0, 0.1) is 5.92 Å². The van der Waals surface area contributed by atoms with E-state index in [1.165, 1.54) is 11.1 Å². The van der Waals surface area contributed by atoms with E-state index in [-0.39, 0.29) is 5.92 Å². The molecule has 2 fully saturated rings. The Morgan fingerprint density at radius 2 is 1.90 bits per heavy atom.